The fourth-order valence-electron chi connectivity index (χ4n) is 0.856. The summed E-state index contributed by atoms with van der Waals surface area (Å²) in [6.45, 7) is 0. The Morgan fingerprint density at radius 2 is 1.23 bits per heavy atom. The van der Waals surface area contributed by atoms with Gasteiger partial charge in [-0.25, -0.2) is 9.59 Å². The summed E-state index contributed by atoms with van der Waals surface area (Å²) < 4.78 is 0. The molecule has 0 heterocycles. The smallest absolute Gasteiger partial charge is 0.336 e. The highest BCUT2D eigenvalue weighted by Crippen LogP contribution is 2.07. The lowest BCUT2D eigenvalue weighted by atomic mass is 10.1. The Bertz CT molecular complexity index is 302. The van der Waals surface area contributed by atoms with Gasteiger partial charge in [0.05, 0.1) is 11.1 Å². The second-order valence-corrected chi connectivity index (χ2v) is 2.16. The molecule has 13 heavy (non-hydrogen) atoms. The van der Waals surface area contributed by atoms with Gasteiger partial charge in [-0.1, -0.05) is 12.1 Å². The van der Waals surface area contributed by atoms with Crippen LogP contribution in [0.1, 0.15) is 20.7 Å². The first-order valence-electron chi connectivity index (χ1n) is 3.18. The van der Waals surface area contributed by atoms with E-state index in [1.54, 1.807) is 0 Å². The van der Waals surface area contributed by atoms with Crippen molar-refractivity contribution < 1.29 is 19.8 Å². The number of aromatic carboxylic acids is 2. The highest BCUT2D eigenvalue weighted by Gasteiger charge is 2.13. The SMILES string of the molecule is O=C(O)c1ccccc1C(=O)O.[Al]. The van der Waals surface area contributed by atoms with Crippen molar-refractivity contribution >= 4 is 29.3 Å². The van der Waals surface area contributed by atoms with Gasteiger partial charge in [-0.05, 0) is 12.1 Å². The first-order chi connectivity index (χ1) is 5.63. The first kappa shape index (κ1) is 11.7. The van der Waals surface area contributed by atoms with Crippen molar-refractivity contribution in [3.05, 3.63) is 35.4 Å². The molecular formula is C8H6AlO4. The van der Waals surface area contributed by atoms with Gasteiger partial charge in [-0.15, -0.1) is 0 Å². The standard InChI is InChI=1S/C8H6O4.Al/c9-7(10)5-3-1-2-4-6(5)8(11)12;/h1-4H,(H,9,10)(H,11,12);. The fraction of sp³-hybridized carbons (Fsp3) is 0. The molecule has 4 nitrogen and oxygen atoms in total. The van der Waals surface area contributed by atoms with Crippen molar-refractivity contribution in [2.45, 2.75) is 0 Å². The number of carboxylic acid groups (broad SMARTS) is 2. The molecule has 65 valence electrons. The summed E-state index contributed by atoms with van der Waals surface area (Å²) in [5.74, 6) is -2.46. The molecule has 0 aliphatic carbocycles. The molecule has 0 aliphatic rings. The molecule has 2 N–H and O–H groups in total. The van der Waals surface area contributed by atoms with Crippen LogP contribution in [0.4, 0.5) is 0 Å². The van der Waals surface area contributed by atoms with Gasteiger partial charge in [0, 0.05) is 17.4 Å². The van der Waals surface area contributed by atoms with E-state index in [4.69, 9.17) is 10.2 Å². The molecule has 5 heteroatoms. The van der Waals surface area contributed by atoms with Crippen LogP contribution in [0.3, 0.4) is 0 Å². The first-order valence-corrected chi connectivity index (χ1v) is 3.18. The van der Waals surface area contributed by atoms with Crippen LogP contribution in [0.15, 0.2) is 24.3 Å². The van der Waals surface area contributed by atoms with Gasteiger partial charge in [0.2, 0.25) is 0 Å². The summed E-state index contributed by atoms with van der Waals surface area (Å²) in [5, 5.41) is 17.1. The summed E-state index contributed by atoms with van der Waals surface area (Å²) in [5.41, 5.74) is -0.380. The van der Waals surface area contributed by atoms with E-state index in [-0.39, 0.29) is 28.5 Å². The number of carboxylic acids is 2. The van der Waals surface area contributed by atoms with Gasteiger partial charge in [-0.3, -0.25) is 0 Å². The number of benzene rings is 1. The third kappa shape index (κ3) is 2.58. The van der Waals surface area contributed by atoms with Gasteiger partial charge < -0.3 is 10.2 Å². The van der Waals surface area contributed by atoms with Crippen LogP contribution in [-0.2, 0) is 0 Å². The minimum Gasteiger partial charge on any atom is -0.478 e. The van der Waals surface area contributed by atoms with Gasteiger partial charge in [-0.2, -0.15) is 0 Å². The largest absolute Gasteiger partial charge is 0.478 e. The van der Waals surface area contributed by atoms with Gasteiger partial charge in [0.1, 0.15) is 0 Å². The van der Waals surface area contributed by atoms with Crippen molar-refractivity contribution in [1.29, 1.82) is 0 Å². The highest BCUT2D eigenvalue weighted by atomic mass is 27.0. The molecule has 1 aromatic carbocycles. The predicted molar refractivity (Wildman–Crippen MR) is 46.1 cm³/mol. The van der Waals surface area contributed by atoms with Gasteiger partial charge >= 0.3 is 11.9 Å². The minimum atomic E-state index is -1.23. The summed E-state index contributed by atoms with van der Waals surface area (Å²) >= 11 is 0. The Kier molecular flexibility index (Phi) is 4.19. The van der Waals surface area contributed by atoms with Crippen LogP contribution in [-0.4, -0.2) is 39.5 Å². The van der Waals surface area contributed by atoms with Crippen LogP contribution < -0.4 is 0 Å². The number of hydrogen-bond acceptors (Lipinski definition) is 2. The van der Waals surface area contributed by atoms with Crippen LogP contribution in [0, 0.1) is 0 Å². The van der Waals surface area contributed by atoms with E-state index in [1.165, 1.54) is 24.3 Å². The zero-order chi connectivity index (χ0) is 9.14. The fourth-order valence-corrected chi connectivity index (χ4v) is 0.856. The molecule has 0 saturated carbocycles. The van der Waals surface area contributed by atoms with E-state index in [1.807, 2.05) is 0 Å². The van der Waals surface area contributed by atoms with Crippen LogP contribution >= 0.6 is 0 Å². The zero-order valence-electron chi connectivity index (χ0n) is 6.60. The zero-order valence-corrected chi connectivity index (χ0v) is 7.75. The third-order valence-corrected chi connectivity index (χ3v) is 1.39. The van der Waals surface area contributed by atoms with Crippen molar-refractivity contribution in [3.8, 4) is 0 Å². The van der Waals surface area contributed by atoms with Gasteiger partial charge in [0.15, 0.2) is 0 Å². The van der Waals surface area contributed by atoms with Crippen LogP contribution in [0.5, 0.6) is 0 Å². The van der Waals surface area contributed by atoms with E-state index < -0.39 is 11.9 Å². The second-order valence-electron chi connectivity index (χ2n) is 2.16. The average Bonchev–Trinajstić information content (AvgIpc) is 2.04. The van der Waals surface area contributed by atoms with Gasteiger partial charge in [0.25, 0.3) is 0 Å². The molecule has 1 aromatic rings. The molecule has 0 aliphatic heterocycles. The summed E-state index contributed by atoms with van der Waals surface area (Å²) in [6, 6.07) is 5.48. The maximum atomic E-state index is 10.5. The normalized spacial score (nSPS) is 8.62. The maximum Gasteiger partial charge on any atom is 0.336 e. The molecule has 0 saturated heterocycles. The Morgan fingerprint density at radius 3 is 1.46 bits per heavy atom. The minimum absolute atomic E-state index is 0. The predicted octanol–water partition coefficient (Wildman–Crippen LogP) is 0.702. The summed E-state index contributed by atoms with van der Waals surface area (Å²) in [6.07, 6.45) is 0. The molecule has 3 radical (unpaired) electrons. The molecule has 0 atom stereocenters. The quantitative estimate of drug-likeness (QED) is 0.678. The summed E-state index contributed by atoms with van der Waals surface area (Å²) in [4.78, 5) is 20.9. The Morgan fingerprint density at radius 1 is 0.923 bits per heavy atom. The molecule has 0 unspecified atom stereocenters. The summed E-state index contributed by atoms with van der Waals surface area (Å²) in [7, 11) is 0. The lowest BCUT2D eigenvalue weighted by molar-refractivity contribution is 0.0651. The van der Waals surface area contributed by atoms with Crippen molar-refractivity contribution in [2.24, 2.45) is 0 Å². The number of carbonyl (C=O) groups is 2. The van der Waals surface area contributed by atoms with E-state index in [9.17, 15) is 9.59 Å². The lowest BCUT2D eigenvalue weighted by Gasteiger charge is -1.98. The van der Waals surface area contributed by atoms with Crippen LogP contribution in [0.25, 0.3) is 0 Å². The monoisotopic (exact) mass is 193 g/mol. The van der Waals surface area contributed by atoms with Crippen molar-refractivity contribution in [2.75, 3.05) is 0 Å². The third-order valence-electron chi connectivity index (χ3n) is 1.39. The molecule has 0 bridgehead atoms. The Hall–Kier alpha value is -1.31. The van der Waals surface area contributed by atoms with Crippen molar-refractivity contribution in [3.63, 3.8) is 0 Å². The second kappa shape index (κ2) is 4.65. The maximum absolute atomic E-state index is 10.5. The van der Waals surface area contributed by atoms with Crippen LogP contribution in [0.2, 0.25) is 0 Å². The van der Waals surface area contributed by atoms with E-state index in [2.05, 4.69) is 0 Å². The Labute approximate surface area is 84.9 Å². The number of rotatable bonds is 2. The molecule has 0 aromatic heterocycles. The van der Waals surface area contributed by atoms with E-state index in [0.717, 1.165) is 0 Å². The van der Waals surface area contributed by atoms with E-state index >= 15 is 0 Å². The van der Waals surface area contributed by atoms with Crippen molar-refractivity contribution in [1.82, 2.24) is 0 Å². The lowest BCUT2D eigenvalue weighted by Crippen LogP contribution is -2.06. The van der Waals surface area contributed by atoms with E-state index in [0.29, 0.717) is 0 Å². The Balaban J connectivity index is 0.00000144. The number of hydrogen-bond donors (Lipinski definition) is 2. The molecular weight excluding hydrogens is 187 g/mol. The highest BCUT2D eigenvalue weighted by molar-refractivity contribution is 6.01. The molecule has 0 spiro atoms. The molecule has 0 fully saturated rings. The molecule has 0 amide bonds. The molecule has 1 rings (SSSR count). The topological polar surface area (TPSA) is 74.6 Å². The average molecular weight is 193 g/mol.